The van der Waals surface area contributed by atoms with Crippen LogP contribution in [0.3, 0.4) is 0 Å². The summed E-state index contributed by atoms with van der Waals surface area (Å²) in [6.45, 7) is 13.1. The molecule has 0 saturated carbocycles. The molecular weight excluding hydrogens is 162 g/mol. The van der Waals surface area contributed by atoms with Gasteiger partial charge in [0, 0.05) is 13.5 Å². The predicted molar refractivity (Wildman–Crippen MR) is 58.5 cm³/mol. The Morgan fingerprint density at radius 1 is 1.38 bits per heavy atom. The van der Waals surface area contributed by atoms with Gasteiger partial charge in [-0.05, 0) is 5.57 Å². The molecule has 0 aliphatic carbocycles. The lowest BCUT2D eigenvalue weighted by Crippen LogP contribution is -2.21. The van der Waals surface area contributed by atoms with Crippen molar-refractivity contribution in [1.82, 2.24) is 5.32 Å². The van der Waals surface area contributed by atoms with Gasteiger partial charge in [0.2, 0.25) is 5.91 Å². The van der Waals surface area contributed by atoms with E-state index in [-0.39, 0.29) is 5.91 Å². The summed E-state index contributed by atoms with van der Waals surface area (Å²) in [5.41, 5.74) is 0.954. The third-order valence-corrected chi connectivity index (χ3v) is 1.14. The van der Waals surface area contributed by atoms with Crippen molar-refractivity contribution in [2.75, 3.05) is 6.54 Å². The van der Waals surface area contributed by atoms with Crippen molar-refractivity contribution in [3.63, 3.8) is 0 Å². The van der Waals surface area contributed by atoms with Crippen molar-refractivity contribution in [3.05, 3.63) is 37.0 Å². The Kier molecular flexibility index (Phi) is 11.7. The maximum atomic E-state index is 10.5. The Bertz CT molecular complexity index is 192. The van der Waals surface area contributed by atoms with Crippen molar-refractivity contribution >= 4 is 5.91 Å². The van der Waals surface area contributed by atoms with Gasteiger partial charge in [-0.1, -0.05) is 45.2 Å². The standard InChI is InChI=1S/C9H13NO.C2H6/c1-4-6-9(5-2)7-10-8(3)11;1-2/h4-6H,1-2,7H2,3H3,(H,10,11);1-2H3/b9-6+;. The zero-order valence-corrected chi connectivity index (χ0v) is 8.76. The van der Waals surface area contributed by atoms with E-state index in [0.717, 1.165) is 5.57 Å². The molecule has 74 valence electrons. The SMILES string of the molecule is C=C/C=C(\C=C)CNC(C)=O.CC. The second kappa shape index (κ2) is 10.7. The van der Waals surface area contributed by atoms with Gasteiger partial charge in [0.15, 0.2) is 0 Å². The summed E-state index contributed by atoms with van der Waals surface area (Å²) >= 11 is 0. The predicted octanol–water partition coefficient (Wildman–Crippen LogP) is 2.45. The maximum absolute atomic E-state index is 10.5. The molecule has 2 heteroatoms. The van der Waals surface area contributed by atoms with Crippen LogP contribution in [0, 0.1) is 0 Å². The second-order valence-corrected chi connectivity index (χ2v) is 2.09. The molecule has 2 nitrogen and oxygen atoms in total. The van der Waals surface area contributed by atoms with E-state index in [1.807, 2.05) is 19.9 Å². The molecule has 0 rings (SSSR count). The van der Waals surface area contributed by atoms with E-state index in [1.54, 1.807) is 12.2 Å². The smallest absolute Gasteiger partial charge is 0.217 e. The van der Waals surface area contributed by atoms with Crippen molar-refractivity contribution in [3.8, 4) is 0 Å². The van der Waals surface area contributed by atoms with Crippen LogP contribution in [0.5, 0.6) is 0 Å². The highest BCUT2D eigenvalue weighted by Crippen LogP contribution is 1.92. The molecule has 0 radical (unpaired) electrons. The van der Waals surface area contributed by atoms with E-state index in [9.17, 15) is 4.79 Å². The normalized spacial score (nSPS) is 9.31. The number of amides is 1. The first kappa shape index (κ1) is 14.2. The Labute approximate surface area is 81.0 Å². The molecule has 13 heavy (non-hydrogen) atoms. The summed E-state index contributed by atoms with van der Waals surface area (Å²) in [5.74, 6) is -0.0400. The summed E-state index contributed by atoms with van der Waals surface area (Å²) < 4.78 is 0. The van der Waals surface area contributed by atoms with E-state index in [0.29, 0.717) is 6.54 Å². The van der Waals surface area contributed by atoms with Crippen LogP contribution in [0.25, 0.3) is 0 Å². The van der Waals surface area contributed by atoms with E-state index in [2.05, 4.69) is 18.5 Å². The van der Waals surface area contributed by atoms with E-state index >= 15 is 0 Å². The number of carbonyl (C=O) groups excluding carboxylic acids is 1. The first-order valence-electron chi connectivity index (χ1n) is 4.39. The van der Waals surface area contributed by atoms with Gasteiger partial charge in [-0.25, -0.2) is 0 Å². The minimum atomic E-state index is -0.0400. The molecule has 0 aromatic heterocycles. The Balaban J connectivity index is 0. The summed E-state index contributed by atoms with van der Waals surface area (Å²) in [6, 6.07) is 0. The van der Waals surface area contributed by atoms with Crippen LogP contribution in [0.15, 0.2) is 37.0 Å². The molecule has 0 fully saturated rings. The number of nitrogens with one attached hydrogen (secondary N) is 1. The summed E-state index contributed by atoms with van der Waals surface area (Å²) in [5, 5.41) is 2.66. The lowest BCUT2D eigenvalue weighted by atomic mass is 10.2. The zero-order valence-electron chi connectivity index (χ0n) is 8.76. The van der Waals surface area contributed by atoms with Crippen LogP contribution in [-0.2, 0) is 4.79 Å². The van der Waals surface area contributed by atoms with Gasteiger partial charge in [0.25, 0.3) is 0 Å². The Hall–Kier alpha value is -1.31. The fraction of sp³-hybridized carbons (Fsp3) is 0.364. The summed E-state index contributed by atoms with van der Waals surface area (Å²) in [4.78, 5) is 10.5. The van der Waals surface area contributed by atoms with E-state index < -0.39 is 0 Å². The minimum Gasteiger partial charge on any atom is -0.352 e. The van der Waals surface area contributed by atoms with Crippen molar-refractivity contribution in [1.29, 1.82) is 0 Å². The van der Waals surface area contributed by atoms with E-state index in [4.69, 9.17) is 0 Å². The number of rotatable bonds is 4. The zero-order chi connectivity index (χ0) is 10.7. The number of hydrogen-bond donors (Lipinski definition) is 1. The van der Waals surface area contributed by atoms with Gasteiger partial charge < -0.3 is 5.32 Å². The highest BCUT2D eigenvalue weighted by Gasteiger charge is 1.91. The molecule has 1 N–H and O–H groups in total. The first-order valence-corrected chi connectivity index (χ1v) is 4.39. The molecule has 0 atom stereocenters. The molecule has 0 unspecified atom stereocenters. The molecule has 0 spiro atoms. The number of carbonyl (C=O) groups is 1. The van der Waals surface area contributed by atoms with Gasteiger partial charge in [0.1, 0.15) is 0 Å². The first-order chi connectivity index (χ1) is 6.20. The fourth-order valence-electron chi connectivity index (χ4n) is 0.577. The fourth-order valence-corrected chi connectivity index (χ4v) is 0.577. The van der Waals surface area contributed by atoms with Crippen LogP contribution in [0.4, 0.5) is 0 Å². The number of hydrogen-bond acceptors (Lipinski definition) is 1. The highest BCUT2D eigenvalue weighted by atomic mass is 16.1. The average Bonchev–Trinajstić information content (AvgIpc) is 2.15. The molecule has 0 aromatic rings. The highest BCUT2D eigenvalue weighted by molar-refractivity contribution is 5.73. The lowest BCUT2D eigenvalue weighted by molar-refractivity contribution is -0.118. The van der Waals surface area contributed by atoms with Gasteiger partial charge in [0.05, 0.1) is 0 Å². The molecular formula is C11H19NO. The largest absolute Gasteiger partial charge is 0.352 e. The average molecular weight is 181 g/mol. The lowest BCUT2D eigenvalue weighted by Gasteiger charge is -2.00. The van der Waals surface area contributed by atoms with Crippen LogP contribution >= 0.6 is 0 Å². The third-order valence-electron chi connectivity index (χ3n) is 1.14. The van der Waals surface area contributed by atoms with Crippen molar-refractivity contribution in [2.24, 2.45) is 0 Å². The minimum absolute atomic E-state index is 0.0400. The van der Waals surface area contributed by atoms with Crippen LogP contribution in [0.1, 0.15) is 20.8 Å². The second-order valence-electron chi connectivity index (χ2n) is 2.09. The molecule has 0 aliphatic heterocycles. The summed E-state index contributed by atoms with van der Waals surface area (Å²) in [7, 11) is 0. The van der Waals surface area contributed by atoms with Crippen LogP contribution in [0.2, 0.25) is 0 Å². The van der Waals surface area contributed by atoms with E-state index in [1.165, 1.54) is 6.92 Å². The van der Waals surface area contributed by atoms with Crippen molar-refractivity contribution < 1.29 is 4.79 Å². The number of allylic oxidation sites excluding steroid dienone is 2. The molecule has 1 amide bonds. The van der Waals surface area contributed by atoms with Gasteiger partial charge in [-0.2, -0.15) is 0 Å². The molecule has 0 bridgehead atoms. The molecule has 0 heterocycles. The quantitative estimate of drug-likeness (QED) is 0.663. The molecule has 0 saturated heterocycles. The Morgan fingerprint density at radius 2 is 1.92 bits per heavy atom. The third kappa shape index (κ3) is 10.7. The maximum Gasteiger partial charge on any atom is 0.217 e. The monoisotopic (exact) mass is 181 g/mol. The molecule has 0 aliphatic rings. The van der Waals surface area contributed by atoms with Gasteiger partial charge in [-0.15, -0.1) is 0 Å². The topological polar surface area (TPSA) is 29.1 Å². The van der Waals surface area contributed by atoms with Crippen LogP contribution in [-0.4, -0.2) is 12.5 Å². The summed E-state index contributed by atoms with van der Waals surface area (Å²) in [6.07, 6.45) is 5.17. The van der Waals surface area contributed by atoms with Crippen LogP contribution < -0.4 is 5.32 Å². The van der Waals surface area contributed by atoms with Gasteiger partial charge in [-0.3, -0.25) is 4.79 Å². The molecule has 0 aromatic carbocycles. The Morgan fingerprint density at radius 3 is 2.23 bits per heavy atom. The van der Waals surface area contributed by atoms with Gasteiger partial charge >= 0.3 is 0 Å². The van der Waals surface area contributed by atoms with Crippen molar-refractivity contribution in [2.45, 2.75) is 20.8 Å².